The highest BCUT2D eigenvalue weighted by molar-refractivity contribution is 9.10. The van der Waals surface area contributed by atoms with Gasteiger partial charge in [0.25, 0.3) is 0 Å². The lowest BCUT2D eigenvalue weighted by atomic mass is 10.4. The zero-order chi connectivity index (χ0) is 11.2. The van der Waals surface area contributed by atoms with Gasteiger partial charge in [-0.15, -0.1) is 0 Å². The van der Waals surface area contributed by atoms with Crippen LogP contribution >= 0.6 is 15.9 Å². The van der Waals surface area contributed by atoms with Crippen LogP contribution in [0.25, 0.3) is 0 Å². The number of aryl methyl sites for hydroxylation is 1. The van der Waals surface area contributed by atoms with Crippen molar-refractivity contribution in [2.75, 3.05) is 11.9 Å². The standard InChI is InChI=1S/C10H12BrN5/c11-9-7-10(14-8-13-9)12-3-1-5-16-6-2-4-15-16/h2,4,6-8H,1,3,5H2,(H,12,13,14). The lowest BCUT2D eigenvalue weighted by Gasteiger charge is -2.05. The maximum Gasteiger partial charge on any atom is 0.130 e. The van der Waals surface area contributed by atoms with Crippen LogP contribution in [0.5, 0.6) is 0 Å². The molecule has 2 aromatic rings. The maximum absolute atomic E-state index is 4.13. The van der Waals surface area contributed by atoms with Crippen molar-refractivity contribution in [2.45, 2.75) is 13.0 Å². The molecule has 0 radical (unpaired) electrons. The molecule has 0 unspecified atom stereocenters. The molecule has 0 aromatic carbocycles. The molecule has 6 heteroatoms. The highest BCUT2D eigenvalue weighted by atomic mass is 79.9. The fourth-order valence-corrected chi connectivity index (χ4v) is 1.63. The Morgan fingerprint density at radius 1 is 1.38 bits per heavy atom. The Hall–Kier alpha value is -1.43. The van der Waals surface area contributed by atoms with Gasteiger partial charge < -0.3 is 5.32 Å². The Bertz CT molecular complexity index is 429. The van der Waals surface area contributed by atoms with Crippen LogP contribution < -0.4 is 5.32 Å². The smallest absolute Gasteiger partial charge is 0.130 e. The van der Waals surface area contributed by atoms with Crippen LogP contribution in [-0.4, -0.2) is 26.3 Å². The van der Waals surface area contributed by atoms with Crippen molar-refractivity contribution in [1.29, 1.82) is 0 Å². The number of hydrogen-bond donors (Lipinski definition) is 1. The van der Waals surface area contributed by atoms with Gasteiger partial charge in [-0.1, -0.05) is 0 Å². The van der Waals surface area contributed by atoms with Gasteiger partial charge in [-0.3, -0.25) is 4.68 Å². The van der Waals surface area contributed by atoms with Gasteiger partial charge >= 0.3 is 0 Å². The number of hydrogen-bond acceptors (Lipinski definition) is 4. The van der Waals surface area contributed by atoms with E-state index in [0.717, 1.165) is 29.9 Å². The zero-order valence-electron chi connectivity index (χ0n) is 8.67. The monoisotopic (exact) mass is 281 g/mol. The van der Waals surface area contributed by atoms with Crippen molar-refractivity contribution in [3.63, 3.8) is 0 Å². The molecule has 0 saturated heterocycles. The summed E-state index contributed by atoms with van der Waals surface area (Å²) in [5.41, 5.74) is 0. The van der Waals surface area contributed by atoms with Crippen LogP contribution in [0.15, 0.2) is 35.5 Å². The summed E-state index contributed by atoms with van der Waals surface area (Å²) in [4.78, 5) is 8.06. The van der Waals surface area contributed by atoms with E-state index in [0.29, 0.717) is 0 Å². The Labute approximate surface area is 102 Å². The average molecular weight is 282 g/mol. The van der Waals surface area contributed by atoms with E-state index >= 15 is 0 Å². The van der Waals surface area contributed by atoms with Crippen LogP contribution in [0.2, 0.25) is 0 Å². The van der Waals surface area contributed by atoms with Gasteiger partial charge in [0.05, 0.1) is 0 Å². The molecule has 0 aliphatic carbocycles. The van der Waals surface area contributed by atoms with Gasteiger partial charge in [0.1, 0.15) is 16.7 Å². The van der Waals surface area contributed by atoms with E-state index < -0.39 is 0 Å². The molecule has 0 fully saturated rings. The number of nitrogens with one attached hydrogen (secondary N) is 1. The van der Waals surface area contributed by atoms with Gasteiger partial charge in [-0.25, -0.2) is 9.97 Å². The van der Waals surface area contributed by atoms with E-state index in [1.54, 1.807) is 6.20 Å². The van der Waals surface area contributed by atoms with Crippen LogP contribution in [0, 0.1) is 0 Å². The fourth-order valence-electron chi connectivity index (χ4n) is 1.32. The Morgan fingerprint density at radius 3 is 3.06 bits per heavy atom. The summed E-state index contributed by atoms with van der Waals surface area (Å²) in [6.45, 7) is 1.77. The Kier molecular flexibility index (Phi) is 3.87. The number of aromatic nitrogens is 4. The van der Waals surface area contributed by atoms with Crippen LogP contribution in [0.1, 0.15) is 6.42 Å². The largest absolute Gasteiger partial charge is 0.370 e. The van der Waals surface area contributed by atoms with Gasteiger partial charge in [-0.05, 0) is 28.4 Å². The van der Waals surface area contributed by atoms with Crippen molar-refractivity contribution in [1.82, 2.24) is 19.7 Å². The summed E-state index contributed by atoms with van der Waals surface area (Å²) < 4.78 is 2.70. The average Bonchev–Trinajstić information content (AvgIpc) is 2.77. The molecule has 5 nitrogen and oxygen atoms in total. The van der Waals surface area contributed by atoms with E-state index in [2.05, 4.69) is 36.3 Å². The molecule has 0 saturated carbocycles. The third-order valence-corrected chi connectivity index (χ3v) is 2.50. The lowest BCUT2D eigenvalue weighted by Crippen LogP contribution is -2.08. The second-order valence-corrected chi connectivity index (χ2v) is 4.09. The highest BCUT2D eigenvalue weighted by Gasteiger charge is 1.95. The van der Waals surface area contributed by atoms with Gasteiger partial charge in [0.15, 0.2) is 0 Å². The second-order valence-electron chi connectivity index (χ2n) is 3.28. The topological polar surface area (TPSA) is 55.6 Å². The Morgan fingerprint density at radius 2 is 2.31 bits per heavy atom. The number of anilines is 1. The molecule has 2 aromatic heterocycles. The third-order valence-electron chi connectivity index (χ3n) is 2.06. The molecular weight excluding hydrogens is 270 g/mol. The quantitative estimate of drug-likeness (QED) is 0.672. The van der Waals surface area contributed by atoms with Crippen LogP contribution in [0.4, 0.5) is 5.82 Å². The normalized spacial score (nSPS) is 10.3. The second kappa shape index (κ2) is 5.60. The molecule has 0 amide bonds. The molecule has 16 heavy (non-hydrogen) atoms. The summed E-state index contributed by atoms with van der Waals surface area (Å²) in [5.74, 6) is 0.836. The molecule has 0 aliphatic heterocycles. The minimum absolute atomic E-state index is 0.789. The number of nitrogens with zero attached hydrogens (tertiary/aromatic N) is 4. The molecule has 2 rings (SSSR count). The first-order valence-corrected chi connectivity index (χ1v) is 5.83. The molecule has 84 valence electrons. The third kappa shape index (κ3) is 3.30. The molecule has 1 N–H and O–H groups in total. The predicted molar refractivity (Wildman–Crippen MR) is 65.1 cm³/mol. The first-order chi connectivity index (χ1) is 7.84. The summed E-state index contributed by atoms with van der Waals surface area (Å²) in [5, 5.41) is 7.36. The Balaban J connectivity index is 1.72. The van der Waals surface area contributed by atoms with E-state index in [9.17, 15) is 0 Å². The summed E-state index contributed by atoms with van der Waals surface area (Å²) in [7, 11) is 0. The maximum atomic E-state index is 4.13. The summed E-state index contributed by atoms with van der Waals surface area (Å²) >= 11 is 3.30. The zero-order valence-corrected chi connectivity index (χ0v) is 10.3. The molecule has 2 heterocycles. The molecule has 0 aliphatic rings. The molecule has 0 spiro atoms. The van der Waals surface area contributed by atoms with Crippen LogP contribution in [0.3, 0.4) is 0 Å². The predicted octanol–water partition coefficient (Wildman–Crippen LogP) is 1.94. The van der Waals surface area contributed by atoms with Gasteiger partial charge in [-0.2, -0.15) is 5.10 Å². The highest BCUT2D eigenvalue weighted by Crippen LogP contribution is 2.09. The van der Waals surface area contributed by atoms with E-state index in [4.69, 9.17) is 0 Å². The molecule has 0 bridgehead atoms. The number of rotatable bonds is 5. The summed E-state index contributed by atoms with van der Waals surface area (Å²) in [6, 6.07) is 3.78. The minimum atomic E-state index is 0.789. The fraction of sp³-hybridized carbons (Fsp3) is 0.300. The molecular formula is C10H12BrN5. The first-order valence-electron chi connectivity index (χ1n) is 5.03. The lowest BCUT2D eigenvalue weighted by molar-refractivity contribution is 0.591. The number of halogens is 1. The van der Waals surface area contributed by atoms with Crippen molar-refractivity contribution < 1.29 is 0 Å². The SMILES string of the molecule is Brc1cc(NCCCn2cccn2)ncn1. The van der Waals surface area contributed by atoms with E-state index in [-0.39, 0.29) is 0 Å². The van der Waals surface area contributed by atoms with Crippen molar-refractivity contribution in [2.24, 2.45) is 0 Å². The first kappa shape index (κ1) is 11.1. The van der Waals surface area contributed by atoms with Crippen LogP contribution in [-0.2, 0) is 6.54 Å². The summed E-state index contributed by atoms with van der Waals surface area (Å²) in [6.07, 6.45) is 6.28. The minimum Gasteiger partial charge on any atom is -0.370 e. The van der Waals surface area contributed by atoms with E-state index in [1.807, 2.05) is 23.0 Å². The molecule has 0 atom stereocenters. The van der Waals surface area contributed by atoms with E-state index in [1.165, 1.54) is 6.33 Å². The van der Waals surface area contributed by atoms with Gasteiger partial charge in [0, 0.05) is 31.5 Å². The van der Waals surface area contributed by atoms with Crippen molar-refractivity contribution in [3.05, 3.63) is 35.5 Å². The van der Waals surface area contributed by atoms with Crippen molar-refractivity contribution in [3.8, 4) is 0 Å². The van der Waals surface area contributed by atoms with Gasteiger partial charge in [0.2, 0.25) is 0 Å². The van der Waals surface area contributed by atoms with Crippen molar-refractivity contribution >= 4 is 21.7 Å².